The maximum absolute atomic E-state index is 11.0. The number of carboxylic acid groups (broad SMARTS) is 1. The van der Waals surface area contributed by atoms with Crippen molar-refractivity contribution in [1.29, 1.82) is 0 Å². The summed E-state index contributed by atoms with van der Waals surface area (Å²) in [5.74, 6) is 0.840. The van der Waals surface area contributed by atoms with E-state index in [0.717, 1.165) is 29.6 Å². The molecule has 1 aromatic rings. The number of aryl methyl sites for hydroxylation is 1. The van der Waals surface area contributed by atoms with Gasteiger partial charge in [0.2, 0.25) is 0 Å². The molecule has 0 atom stereocenters. The maximum atomic E-state index is 11.0. The van der Waals surface area contributed by atoms with Gasteiger partial charge in [0.05, 0.1) is 5.56 Å². The van der Waals surface area contributed by atoms with Gasteiger partial charge in [-0.1, -0.05) is 26.2 Å². The van der Waals surface area contributed by atoms with Crippen molar-refractivity contribution in [3.8, 4) is 0 Å². The lowest BCUT2D eigenvalue weighted by Crippen LogP contribution is -2.21. The van der Waals surface area contributed by atoms with Crippen LogP contribution in [-0.4, -0.2) is 17.6 Å². The smallest absolute Gasteiger partial charge is 0.335 e. The Hall–Kier alpha value is -1.51. The van der Waals surface area contributed by atoms with E-state index in [1.807, 2.05) is 19.1 Å². The molecule has 2 N–H and O–H groups in total. The molecule has 1 fully saturated rings. The third-order valence-corrected chi connectivity index (χ3v) is 4.60. The number of aromatic carboxylic acids is 1. The molecule has 1 aliphatic carbocycles. The van der Waals surface area contributed by atoms with Gasteiger partial charge in [-0.2, -0.15) is 0 Å². The Bertz CT molecular complexity index is 462. The fraction of sp³-hybridized carbons (Fsp3) is 0.588. The summed E-state index contributed by atoms with van der Waals surface area (Å²) in [6, 6.07) is 5.49. The summed E-state index contributed by atoms with van der Waals surface area (Å²) in [6.45, 7) is 5.14. The summed E-state index contributed by atoms with van der Waals surface area (Å²) in [5.41, 5.74) is 2.24. The predicted octanol–water partition coefficient (Wildman–Crippen LogP) is 4.32. The number of hydrogen-bond donors (Lipinski definition) is 2. The average Bonchev–Trinajstić information content (AvgIpc) is 2.45. The summed E-state index contributed by atoms with van der Waals surface area (Å²) in [6.07, 6.45) is 6.67. The van der Waals surface area contributed by atoms with Gasteiger partial charge in [-0.15, -0.1) is 0 Å². The molecule has 1 aliphatic rings. The second-order valence-electron chi connectivity index (χ2n) is 6.01. The molecule has 3 heteroatoms. The molecule has 0 spiro atoms. The van der Waals surface area contributed by atoms with Gasteiger partial charge in [-0.05, 0) is 55.4 Å². The molecular formula is C17H25NO2. The molecule has 3 nitrogen and oxygen atoms in total. The molecule has 1 aromatic carbocycles. The predicted molar refractivity (Wildman–Crippen MR) is 82.4 cm³/mol. The van der Waals surface area contributed by atoms with Crippen molar-refractivity contribution >= 4 is 11.7 Å². The van der Waals surface area contributed by atoms with E-state index in [-0.39, 0.29) is 0 Å². The minimum atomic E-state index is -0.855. The van der Waals surface area contributed by atoms with Crippen LogP contribution in [0.5, 0.6) is 0 Å². The van der Waals surface area contributed by atoms with Gasteiger partial charge < -0.3 is 10.4 Å². The van der Waals surface area contributed by atoms with Crippen LogP contribution < -0.4 is 5.32 Å². The van der Waals surface area contributed by atoms with Gasteiger partial charge in [-0.3, -0.25) is 0 Å². The molecule has 0 bridgehead atoms. The first kappa shape index (κ1) is 14.9. The highest BCUT2D eigenvalue weighted by Gasteiger charge is 2.19. The van der Waals surface area contributed by atoms with Crippen LogP contribution in [0, 0.1) is 18.8 Å². The SMILES string of the molecule is CCC1CCC(CNc2ccc(C(=O)O)c(C)c2)CC1. The normalized spacial score (nSPS) is 22.5. The Morgan fingerprint density at radius 2 is 1.90 bits per heavy atom. The fourth-order valence-corrected chi connectivity index (χ4v) is 3.12. The molecule has 110 valence electrons. The number of carboxylic acids is 1. The van der Waals surface area contributed by atoms with Gasteiger partial charge in [0.1, 0.15) is 0 Å². The Balaban J connectivity index is 1.85. The van der Waals surface area contributed by atoms with E-state index >= 15 is 0 Å². The Morgan fingerprint density at radius 1 is 1.25 bits per heavy atom. The topological polar surface area (TPSA) is 49.3 Å². The van der Waals surface area contributed by atoms with Gasteiger partial charge >= 0.3 is 5.97 Å². The Kier molecular flexibility index (Phi) is 5.05. The molecule has 0 aromatic heterocycles. The van der Waals surface area contributed by atoms with Crippen LogP contribution >= 0.6 is 0 Å². The van der Waals surface area contributed by atoms with Crippen molar-refractivity contribution in [2.24, 2.45) is 11.8 Å². The molecule has 0 heterocycles. The van der Waals surface area contributed by atoms with Crippen LogP contribution in [0.25, 0.3) is 0 Å². The molecule has 20 heavy (non-hydrogen) atoms. The lowest BCUT2D eigenvalue weighted by molar-refractivity contribution is 0.0696. The number of hydrogen-bond acceptors (Lipinski definition) is 2. The van der Waals surface area contributed by atoms with Crippen molar-refractivity contribution in [1.82, 2.24) is 0 Å². The van der Waals surface area contributed by atoms with Gasteiger partial charge in [0.15, 0.2) is 0 Å². The highest BCUT2D eigenvalue weighted by molar-refractivity contribution is 5.89. The monoisotopic (exact) mass is 275 g/mol. The van der Waals surface area contributed by atoms with Gasteiger partial charge in [0, 0.05) is 12.2 Å². The largest absolute Gasteiger partial charge is 0.478 e. The number of nitrogens with one attached hydrogen (secondary N) is 1. The van der Waals surface area contributed by atoms with Crippen LogP contribution in [0.1, 0.15) is 54.9 Å². The standard InChI is InChI=1S/C17H25NO2/c1-3-13-4-6-14(7-5-13)11-18-15-8-9-16(17(19)20)12(2)10-15/h8-10,13-14,18H,3-7,11H2,1-2H3,(H,19,20). The first-order valence-electron chi connectivity index (χ1n) is 7.68. The Morgan fingerprint density at radius 3 is 2.45 bits per heavy atom. The first-order valence-corrected chi connectivity index (χ1v) is 7.68. The van der Waals surface area contributed by atoms with Crippen LogP contribution in [-0.2, 0) is 0 Å². The summed E-state index contributed by atoms with van der Waals surface area (Å²) in [5, 5.41) is 12.5. The quantitative estimate of drug-likeness (QED) is 0.841. The Labute approximate surface area is 121 Å². The molecule has 0 aliphatic heterocycles. The third-order valence-electron chi connectivity index (χ3n) is 4.60. The number of benzene rings is 1. The zero-order valence-corrected chi connectivity index (χ0v) is 12.5. The molecule has 0 unspecified atom stereocenters. The van der Waals surface area contributed by atoms with E-state index in [1.54, 1.807) is 6.07 Å². The van der Waals surface area contributed by atoms with E-state index in [1.165, 1.54) is 32.1 Å². The zero-order valence-electron chi connectivity index (χ0n) is 12.5. The fourth-order valence-electron chi connectivity index (χ4n) is 3.12. The summed E-state index contributed by atoms with van der Waals surface area (Å²) < 4.78 is 0. The molecule has 0 saturated heterocycles. The minimum Gasteiger partial charge on any atom is -0.478 e. The van der Waals surface area contributed by atoms with E-state index in [9.17, 15) is 4.79 Å². The number of carbonyl (C=O) groups is 1. The zero-order chi connectivity index (χ0) is 14.5. The van der Waals surface area contributed by atoms with Crippen LogP contribution in [0.3, 0.4) is 0 Å². The van der Waals surface area contributed by atoms with Crippen LogP contribution in [0.15, 0.2) is 18.2 Å². The third kappa shape index (κ3) is 3.75. The molecule has 0 radical (unpaired) electrons. The second-order valence-corrected chi connectivity index (χ2v) is 6.01. The summed E-state index contributed by atoms with van der Waals surface area (Å²) in [7, 11) is 0. The lowest BCUT2D eigenvalue weighted by atomic mass is 9.81. The van der Waals surface area contributed by atoms with Crippen LogP contribution in [0.4, 0.5) is 5.69 Å². The van der Waals surface area contributed by atoms with Gasteiger partial charge in [-0.25, -0.2) is 4.79 Å². The highest BCUT2D eigenvalue weighted by atomic mass is 16.4. The molecule has 0 amide bonds. The second kappa shape index (κ2) is 6.78. The molecule has 1 saturated carbocycles. The van der Waals surface area contributed by atoms with E-state index < -0.39 is 5.97 Å². The van der Waals surface area contributed by atoms with E-state index in [4.69, 9.17) is 5.11 Å². The summed E-state index contributed by atoms with van der Waals surface area (Å²) >= 11 is 0. The van der Waals surface area contributed by atoms with Crippen molar-refractivity contribution in [3.05, 3.63) is 29.3 Å². The lowest BCUT2D eigenvalue weighted by Gasteiger charge is -2.28. The average molecular weight is 275 g/mol. The van der Waals surface area contributed by atoms with E-state index in [0.29, 0.717) is 5.56 Å². The minimum absolute atomic E-state index is 0.388. The van der Waals surface area contributed by atoms with Crippen molar-refractivity contribution in [3.63, 3.8) is 0 Å². The van der Waals surface area contributed by atoms with Crippen molar-refractivity contribution < 1.29 is 9.90 Å². The van der Waals surface area contributed by atoms with Crippen LogP contribution in [0.2, 0.25) is 0 Å². The van der Waals surface area contributed by atoms with Crippen molar-refractivity contribution in [2.75, 3.05) is 11.9 Å². The number of rotatable bonds is 5. The highest BCUT2D eigenvalue weighted by Crippen LogP contribution is 2.30. The molecular weight excluding hydrogens is 250 g/mol. The summed E-state index contributed by atoms with van der Waals surface area (Å²) in [4.78, 5) is 11.0. The van der Waals surface area contributed by atoms with E-state index in [2.05, 4.69) is 12.2 Å². The van der Waals surface area contributed by atoms with Crippen molar-refractivity contribution in [2.45, 2.75) is 46.0 Å². The first-order chi connectivity index (χ1) is 9.60. The number of anilines is 1. The molecule has 2 rings (SSSR count). The van der Waals surface area contributed by atoms with Gasteiger partial charge in [0.25, 0.3) is 0 Å². The maximum Gasteiger partial charge on any atom is 0.335 e.